The zero-order valence-electron chi connectivity index (χ0n) is 32.6. The molecule has 6 atom stereocenters. The van der Waals surface area contributed by atoms with E-state index >= 15 is 0 Å². The number of morpholine rings is 2. The number of nitrogens with zero attached hydrogens (tertiary/aromatic N) is 1. The van der Waals surface area contributed by atoms with E-state index in [2.05, 4.69) is 16.8 Å². The first kappa shape index (κ1) is 47.6. The number of halogens is 12. The molecule has 2 aliphatic rings. The molecule has 61 heavy (non-hydrogen) atoms. The fraction of sp³-hybridized carbons (Fsp3) is 0.395. The third-order valence-electron chi connectivity index (χ3n) is 9.56. The molecule has 0 amide bonds. The Morgan fingerprint density at radius 3 is 1.44 bits per heavy atom. The molecular formula is C43H42F12N2O4. The van der Waals surface area contributed by atoms with Gasteiger partial charge in [-0.3, -0.25) is 4.90 Å². The van der Waals surface area contributed by atoms with Gasteiger partial charge in [0.2, 0.25) is 0 Å². The van der Waals surface area contributed by atoms with Gasteiger partial charge in [-0.2, -0.15) is 52.7 Å². The largest absolute Gasteiger partial charge is 0.416 e. The van der Waals surface area contributed by atoms with E-state index in [4.69, 9.17) is 18.9 Å². The molecule has 4 aromatic carbocycles. The van der Waals surface area contributed by atoms with E-state index in [0.29, 0.717) is 43.9 Å². The van der Waals surface area contributed by atoms with Gasteiger partial charge in [0.15, 0.2) is 12.6 Å². The van der Waals surface area contributed by atoms with Crippen molar-refractivity contribution in [3.8, 4) is 0 Å². The SMILES string of the molecule is C=CCN1C[C@@H](C)O[C@@H](OCc2cc(C(F)(F)F)cc(C(F)(F)F)c2)[C@H]1c1ccccc1.C[C@@H]1CN[C@H](c2ccccc2)[C@H](OCc2cc(C(F)(F)F)cc(C(F)(F)F)c2)O1. The second kappa shape index (κ2) is 19.7. The first-order valence-electron chi connectivity index (χ1n) is 18.8. The summed E-state index contributed by atoms with van der Waals surface area (Å²) in [5.74, 6) is 0. The number of hydrogen-bond donors (Lipinski definition) is 1. The fourth-order valence-electron chi connectivity index (χ4n) is 6.84. The smallest absolute Gasteiger partial charge is 0.346 e. The van der Waals surface area contributed by atoms with Gasteiger partial charge in [0.1, 0.15) is 0 Å². The molecule has 6 nitrogen and oxygen atoms in total. The van der Waals surface area contributed by atoms with Crippen molar-refractivity contribution in [2.24, 2.45) is 0 Å². The Kier molecular flexibility index (Phi) is 15.4. The van der Waals surface area contributed by atoms with Crippen LogP contribution in [0.5, 0.6) is 0 Å². The highest BCUT2D eigenvalue weighted by Crippen LogP contribution is 2.39. The molecule has 18 heteroatoms. The van der Waals surface area contributed by atoms with Gasteiger partial charge in [-0.05, 0) is 72.5 Å². The van der Waals surface area contributed by atoms with Crippen LogP contribution in [0.1, 0.15) is 70.4 Å². The molecule has 0 unspecified atom stereocenters. The van der Waals surface area contributed by atoms with Crippen LogP contribution in [0.4, 0.5) is 52.7 Å². The molecular weight excluding hydrogens is 836 g/mol. The van der Waals surface area contributed by atoms with Gasteiger partial charge in [-0.25, -0.2) is 0 Å². The van der Waals surface area contributed by atoms with Crippen molar-refractivity contribution >= 4 is 0 Å². The van der Waals surface area contributed by atoms with E-state index in [0.717, 1.165) is 11.1 Å². The van der Waals surface area contributed by atoms with Crippen molar-refractivity contribution in [2.75, 3.05) is 19.6 Å². The maximum Gasteiger partial charge on any atom is 0.416 e. The second-order valence-electron chi connectivity index (χ2n) is 14.5. The van der Waals surface area contributed by atoms with E-state index in [9.17, 15) is 52.7 Å². The van der Waals surface area contributed by atoms with Gasteiger partial charge in [-0.15, -0.1) is 6.58 Å². The number of hydrogen-bond acceptors (Lipinski definition) is 6. The van der Waals surface area contributed by atoms with Crippen LogP contribution in [0.15, 0.2) is 110 Å². The third kappa shape index (κ3) is 13.3. The van der Waals surface area contributed by atoms with Gasteiger partial charge < -0.3 is 24.3 Å². The van der Waals surface area contributed by atoms with Crippen LogP contribution in [0.3, 0.4) is 0 Å². The molecule has 332 valence electrons. The number of ether oxygens (including phenoxy) is 4. The van der Waals surface area contributed by atoms with E-state index in [1.807, 2.05) is 67.6 Å². The molecule has 0 spiro atoms. The van der Waals surface area contributed by atoms with Crippen LogP contribution in [0, 0.1) is 0 Å². The molecule has 0 aromatic heterocycles. The fourth-order valence-corrected chi connectivity index (χ4v) is 6.84. The quantitative estimate of drug-likeness (QED) is 0.127. The van der Waals surface area contributed by atoms with Crippen LogP contribution in [-0.4, -0.2) is 49.3 Å². The lowest BCUT2D eigenvalue weighted by Crippen LogP contribution is -2.49. The predicted molar refractivity (Wildman–Crippen MR) is 199 cm³/mol. The topological polar surface area (TPSA) is 52.2 Å². The molecule has 0 bridgehead atoms. The molecule has 2 fully saturated rings. The average Bonchev–Trinajstić information content (AvgIpc) is 3.19. The van der Waals surface area contributed by atoms with Crippen molar-refractivity contribution in [1.82, 2.24) is 10.2 Å². The average molecular weight is 879 g/mol. The highest BCUT2D eigenvalue weighted by molar-refractivity contribution is 5.34. The summed E-state index contributed by atoms with van der Waals surface area (Å²) in [5.41, 5.74) is -4.29. The van der Waals surface area contributed by atoms with Crippen molar-refractivity contribution < 1.29 is 71.6 Å². The number of rotatable bonds is 10. The molecule has 2 heterocycles. The molecule has 6 rings (SSSR count). The lowest BCUT2D eigenvalue weighted by molar-refractivity contribution is -0.239. The third-order valence-corrected chi connectivity index (χ3v) is 9.56. The van der Waals surface area contributed by atoms with Crippen molar-refractivity contribution in [3.05, 3.63) is 154 Å². The highest BCUT2D eigenvalue weighted by atomic mass is 19.4. The summed E-state index contributed by atoms with van der Waals surface area (Å²) < 4.78 is 180. The van der Waals surface area contributed by atoms with Crippen molar-refractivity contribution in [2.45, 2.75) is 88.6 Å². The summed E-state index contributed by atoms with van der Waals surface area (Å²) in [6.45, 7) is 8.02. The number of alkyl halides is 12. The van der Waals surface area contributed by atoms with Crippen LogP contribution in [0.2, 0.25) is 0 Å². The first-order valence-corrected chi connectivity index (χ1v) is 18.8. The second-order valence-corrected chi connectivity index (χ2v) is 14.5. The summed E-state index contributed by atoms with van der Waals surface area (Å²) in [5, 5.41) is 3.23. The maximum atomic E-state index is 13.2. The zero-order valence-corrected chi connectivity index (χ0v) is 32.6. The van der Waals surface area contributed by atoms with Gasteiger partial charge in [0.25, 0.3) is 0 Å². The Bertz CT molecular complexity index is 1960. The minimum absolute atomic E-state index is 0.0943. The monoisotopic (exact) mass is 878 g/mol. The van der Waals surface area contributed by atoms with Gasteiger partial charge >= 0.3 is 24.7 Å². The molecule has 4 aromatic rings. The van der Waals surface area contributed by atoms with Crippen LogP contribution in [0.25, 0.3) is 0 Å². The van der Waals surface area contributed by atoms with E-state index in [-0.39, 0.29) is 35.5 Å². The van der Waals surface area contributed by atoms with Crippen LogP contribution >= 0.6 is 0 Å². The van der Waals surface area contributed by atoms with Crippen LogP contribution < -0.4 is 5.32 Å². The Balaban J connectivity index is 0.000000232. The lowest BCUT2D eigenvalue weighted by atomic mass is 10.0. The highest BCUT2D eigenvalue weighted by Gasteiger charge is 2.40. The summed E-state index contributed by atoms with van der Waals surface area (Å²) in [6, 6.07) is 20.4. The summed E-state index contributed by atoms with van der Waals surface area (Å²) in [6.07, 6.45) is -20.2. The minimum atomic E-state index is -4.92. The van der Waals surface area contributed by atoms with Crippen molar-refractivity contribution in [1.29, 1.82) is 0 Å². The van der Waals surface area contributed by atoms with Gasteiger partial charge in [0, 0.05) is 19.6 Å². The minimum Gasteiger partial charge on any atom is -0.346 e. The van der Waals surface area contributed by atoms with Crippen LogP contribution in [-0.2, 0) is 56.9 Å². The van der Waals surface area contributed by atoms with E-state index < -0.39 is 84.8 Å². The Hall–Kier alpha value is -4.46. The number of nitrogens with one attached hydrogen (secondary N) is 1. The lowest BCUT2D eigenvalue weighted by Gasteiger charge is -2.43. The Labute approximate surface area is 344 Å². The van der Waals surface area contributed by atoms with E-state index in [1.165, 1.54) is 0 Å². The summed E-state index contributed by atoms with van der Waals surface area (Å²) >= 11 is 0. The van der Waals surface area contributed by atoms with Gasteiger partial charge in [0.05, 0.1) is 59.8 Å². The molecule has 2 saturated heterocycles. The molecule has 1 N–H and O–H groups in total. The Morgan fingerprint density at radius 2 is 1.02 bits per heavy atom. The van der Waals surface area contributed by atoms with E-state index in [1.54, 1.807) is 13.0 Å². The maximum absolute atomic E-state index is 13.2. The summed E-state index contributed by atoms with van der Waals surface area (Å²) in [4.78, 5) is 2.05. The molecule has 2 aliphatic heterocycles. The summed E-state index contributed by atoms with van der Waals surface area (Å²) in [7, 11) is 0. The zero-order chi connectivity index (χ0) is 44.8. The molecule has 0 aliphatic carbocycles. The van der Waals surface area contributed by atoms with Crippen molar-refractivity contribution in [3.63, 3.8) is 0 Å². The molecule has 0 saturated carbocycles. The Morgan fingerprint density at radius 1 is 0.607 bits per heavy atom. The standard InChI is InChI=1S/C23H23F6NO2.C20H19F6NO2/c1-3-9-30-13-15(2)32-21(20(30)17-7-5-4-6-8-17)31-14-16-10-18(22(24,25)26)12-19(11-16)23(27,28)29;1-12-10-27-17(14-5-3-2-4-6-14)18(29-12)28-11-13-7-15(19(21,22)23)9-16(8-13)20(24,25)26/h3-8,10-12,15,20-21H,1,9,13-14H2,2H3;2-9,12,17-18,27H,10-11H2,1H3/t15-,20-,21-;12-,17-,18-/m11/s1. The predicted octanol–water partition coefficient (Wildman–Crippen LogP) is 11.5. The normalized spacial score (nSPS) is 22.9. The first-order chi connectivity index (χ1) is 28.5. The molecule has 0 radical (unpaired) electrons. The number of benzene rings is 4. The van der Waals surface area contributed by atoms with Gasteiger partial charge in [-0.1, -0.05) is 66.7 Å².